The maximum Gasteiger partial charge on any atom is 0.410 e. The van der Waals surface area contributed by atoms with E-state index in [0.29, 0.717) is 0 Å². The maximum atomic E-state index is 12.1. The van der Waals surface area contributed by atoms with E-state index in [-0.39, 0.29) is 6.09 Å². The largest absolute Gasteiger partial charge is 0.444 e. The number of carbonyl (C=O) groups excluding carboxylic acids is 1. The van der Waals surface area contributed by atoms with Gasteiger partial charge < -0.3 is 24.8 Å². The van der Waals surface area contributed by atoms with E-state index in [2.05, 4.69) is 44.4 Å². The highest BCUT2D eigenvalue weighted by atomic mass is 16.6. The Hall–Kier alpha value is -2.22. The predicted molar refractivity (Wildman–Crippen MR) is 117 cm³/mol. The first-order valence-corrected chi connectivity index (χ1v) is 10.7. The topological polar surface area (TPSA) is 74.1 Å². The minimum absolute atomic E-state index is 0.206. The van der Waals surface area contributed by atoms with Crippen molar-refractivity contribution in [1.29, 1.82) is 0 Å². The third kappa shape index (κ3) is 9.21. The zero-order valence-corrected chi connectivity index (χ0v) is 18.5. The van der Waals surface area contributed by atoms with Crippen molar-refractivity contribution >= 4 is 12.1 Å². The number of carbonyl (C=O) groups is 1. The van der Waals surface area contributed by atoms with Crippen LogP contribution in [0.4, 0.5) is 4.79 Å². The van der Waals surface area contributed by atoms with Crippen LogP contribution in [0.3, 0.4) is 0 Å². The van der Waals surface area contributed by atoms with Crippen LogP contribution in [0, 0.1) is 0 Å². The van der Waals surface area contributed by atoms with Crippen molar-refractivity contribution < 1.29 is 9.53 Å². The zero-order chi connectivity index (χ0) is 21.1. The zero-order valence-electron chi connectivity index (χ0n) is 18.5. The molecule has 1 aliphatic rings. The van der Waals surface area contributed by atoms with E-state index in [9.17, 15) is 4.79 Å². The van der Waals surface area contributed by atoms with Crippen molar-refractivity contribution in [1.82, 2.24) is 25.0 Å². The van der Waals surface area contributed by atoms with Crippen molar-refractivity contribution in [2.24, 2.45) is 4.99 Å². The third-order valence-electron chi connectivity index (χ3n) is 4.60. The molecule has 0 aromatic carbocycles. The molecular formula is C21H38N6O2. The summed E-state index contributed by atoms with van der Waals surface area (Å²) in [6.07, 6.45) is 4.92. The molecule has 8 nitrogen and oxygen atoms in total. The fraction of sp³-hybridized carbons (Fsp3) is 0.714. The molecular weight excluding hydrogens is 368 g/mol. The van der Waals surface area contributed by atoms with E-state index in [1.165, 1.54) is 0 Å². The average molecular weight is 407 g/mol. The molecule has 0 spiro atoms. The molecule has 0 atom stereocenters. The molecule has 2 heterocycles. The predicted octanol–water partition coefficient (Wildman–Crippen LogP) is 1.99. The Morgan fingerprint density at radius 1 is 1.07 bits per heavy atom. The summed E-state index contributed by atoms with van der Waals surface area (Å²) in [4.78, 5) is 21.0. The number of aromatic nitrogens is 1. The van der Waals surface area contributed by atoms with Crippen molar-refractivity contribution in [2.45, 2.75) is 46.3 Å². The molecule has 0 unspecified atom stereocenters. The van der Waals surface area contributed by atoms with Gasteiger partial charge in [-0.1, -0.05) is 0 Å². The van der Waals surface area contributed by atoms with Crippen molar-refractivity contribution in [3.05, 3.63) is 24.5 Å². The normalized spacial score (nSPS) is 16.0. The van der Waals surface area contributed by atoms with E-state index >= 15 is 0 Å². The molecule has 2 rings (SSSR count). The number of ether oxygens (including phenoxy) is 1. The Balaban J connectivity index is 1.63. The van der Waals surface area contributed by atoms with Crippen LogP contribution in [0.2, 0.25) is 0 Å². The second kappa shape index (κ2) is 11.7. The smallest absolute Gasteiger partial charge is 0.410 e. The van der Waals surface area contributed by atoms with Crippen molar-refractivity contribution in [2.75, 3.05) is 52.4 Å². The number of amides is 1. The van der Waals surface area contributed by atoms with Gasteiger partial charge in [-0.2, -0.15) is 0 Å². The van der Waals surface area contributed by atoms with E-state index < -0.39 is 5.60 Å². The number of nitrogens with zero attached hydrogens (tertiary/aromatic N) is 4. The third-order valence-corrected chi connectivity index (χ3v) is 4.60. The summed E-state index contributed by atoms with van der Waals surface area (Å²) in [6.45, 7) is 15.4. The van der Waals surface area contributed by atoms with Crippen LogP contribution in [-0.4, -0.2) is 84.4 Å². The second-order valence-electron chi connectivity index (χ2n) is 8.27. The van der Waals surface area contributed by atoms with Crippen molar-refractivity contribution in [3.8, 4) is 0 Å². The molecule has 0 aliphatic carbocycles. The number of guanidine groups is 1. The van der Waals surface area contributed by atoms with E-state index in [0.717, 1.165) is 71.3 Å². The quantitative estimate of drug-likeness (QED) is 0.392. The minimum Gasteiger partial charge on any atom is -0.444 e. The van der Waals surface area contributed by atoms with Gasteiger partial charge in [-0.3, -0.25) is 9.89 Å². The summed E-state index contributed by atoms with van der Waals surface area (Å²) in [5.74, 6) is 0.870. The Bertz CT molecular complexity index is 616. The minimum atomic E-state index is -0.438. The highest BCUT2D eigenvalue weighted by Gasteiger charge is 2.25. The Morgan fingerprint density at radius 2 is 1.76 bits per heavy atom. The molecule has 2 N–H and O–H groups in total. The number of nitrogens with one attached hydrogen (secondary N) is 2. The molecule has 1 aromatic rings. The van der Waals surface area contributed by atoms with Gasteiger partial charge in [0.1, 0.15) is 5.60 Å². The summed E-state index contributed by atoms with van der Waals surface area (Å²) in [7, 11) is 0. The van der Waals surface area contributed by atoms with Crippen LogP contribution in [-0.2, 0) is 11.3 Å². The van der Waals surface area contributed by atoms with E-state index in [4.69, 9.17) is 4.74 Å². The van der Waals surface area contributed by atoms with Gasteiger partial charge in [0.25, 0.3) is 0 Å². The molecule has 1 aromatic heterocycles. The number of aliphatic imine (C=N–C) groups is 1. The van der Waals surface area contributed by atoms with Crippen LogP contribution in [0.5, 0.6) is 0 Å². The fourth-order valence-electron chi connectivity index (χ4n) is 3.13. The van der Waals surface area contributed by atoms with Gasteiger partial charge in [0.05, 0.1) is 0 Å². The molecule has 1 amide bonds. The fourth-order valence-corrected chi connectivity index (χ4v) is 3.13. The summed E-state index contributed by atoms with van der Waals surface area (Å²) in [5, 5.41) is 6.68. The molecule has 1 saturated heterocycles. The number of hydrogen-bond donors (Lipinski definition) is 2. The Kier molecular flexibility index (Phi) is 9.31. The molecule has 1 aliphatic heterocycles. The molecule has 0 bridgehead atoms. The Morgan fingerprint density at radius 3 is 2.38 bits per heavy atom. The van der Waals surface area contributed by atoms with Gasteiger partial charge in [0, 0.05) is 71.3 Å². The van der Waals surface area contributed by atoms with Crippen molar-refractivity contribution in [3.63, 3.8) is 0 Å². The average Bonchev–Trinajstić information content (AvgIpc) is 3.17. The molecule has 8 heteroatoms. The molecule has 1 fully saturated rings. The van der Waals surface area contributed by atoms with Crippen LogP contribution < -0.4 is 10.6 Å². The van der Waals surface area contributed by atoms with Crippen LogP contribution in [0.1, 0.15) is 34.1 Å². The lowest BCUT2D eigenvalue weighted by Crippen LogP contribution is -2.50. The summed E-state index contributed by atoms with van der Waals surface area (Å²) in [5.41, 5.74) is -0.438. The first-order valence-electron chi connectivity index (χ1n) is 10.7. The lowest BCUT2D eigenvalue weighted by atomic mass is 10.2. The Labute approximate surface area is 175 Å². The lowest BCUT2D eigenvalue weighted by molar-refractivity contribution is 0.0145. The SMILES string of the molecule is CCNC(=NCCCN1CCN(C(=O)OC(C)(C)C)CC1)NCCn1cccc1. The van der Waals surface area contributed by atoms with Gasteiger partial charge >= 0.3 is 6.09 Å². The lowest BCUT2D eigenvalue weighted by Gasteiger charge is -2.35. The molecule has 0 radical (unpaired) electrons. The highest BCUT2D eigenvalue weighted by molar-refractivity contribution is 5.79. The molecule has 29 heavy (non-hydrogen) atoms. The summed E-state index contributed by atoms with van der Waals surface area (Å²) < 4.78 is 7.60. The van der Waals surface area contributed by atoms with Gasteiger partial charge in [-0.15, -0.1) is 0 Å². The maximum absolute atomic E-state index is 12.1. The van der Waals surface area contributed by atoms with Gasteiger partial charge in [0.2, 0.25) is 0 Å². The number of piperazine rings is 1. The molecule has 0 saturated carbocycles. The van der Waals surface area contributed by atoms with Gasteiger partial charge in [-0.25, -0.2) is 4.79 Å². The number of rotatable bonds is 8. The van der Waals surface area contributed by atoms with Crippen LogP contribution in [0.25, 0.3) is 0 Å². The van der Waals surface area contributed by atoms with Crippen LogP contribution >= 0.6 is 0 Å². The standard InChI is InChI=1S/C21H38N6O2/c1-5-22-19(24-10-14-25-11-6-7-12-25)23-9-8-13-26-15-17-27(18-16-26)20(28)29-21(2,3)4/h6-7,11-12H,5,8-10,13-18H2,1-4H3,(H2,22,23,24). The summed E-state index contributed by atoms with van der Waals surface area (Å²) >= 11 is 0. The van der Waals surface area contributed by atoms with E-state index in [1.807, 2.05) is 32.9 Å². The van der Waals surface area contributed by atoms with Gasteiger partial charge in [0.15, 0.2) is 5.96 Å². The monoisotopic (exact) mass is 406 g/mol. The van der Waals surface area contributed by atoms with E-state index in [1.54, 1.807) is 4.90 Å². The number of hydrogen-bond acceptors (Lipinski definition) is 4. The van der Waals surface area contributed by atoms with Crippen LogP contribution in [0.15, 0.2) is 29.5 Å². The second-order valence-corrected chi connectivity index (χ2v) is 8.27. The molecule has 164 valence electrons. The highest BCUT2D eigenvalue weighted by Crippen LogP contribution is 2.12. The first-order chi connectivity index (χ1) is 13.9. The van der Waals surface area contributed by atoms with Gasteiger partial charge in [-0.05, 0) is 46.2 Å². The summed E-state index contributed by atoms with van der Waals surface area (Å²) in [6, 6.07) is 4.07. The first kappa shape index (κ1) is 23.1.